The average molecular weight is 419 g/mol. The van der Waals surface area contributed by atoms with Gasteiger partial charge in [-0.05, 0) is 23.8 Å². The van der Waals surface area contributed by atoms with Crippen molar-refractivity contribution in [2.75, 3.05) is 24.8 Å². The molecule has 0 aliphatic rings. The summed E-state index contributed by atoms with van der Waals surface area (Å²) in [6.45, 7) is 0.556. The number of sulfone groups is 1. The predicted molar refractivity (Wildman–Crippen MR) is 108 cm³/mol. The van der Waals surface area contributed by atoms with Gasteiger partial charge in [-0.15, -0.1) is 0 Å². The first-order chi connectivity index (χ1) is 13.3. The van der Waals surface area contributed by atoms with Crippen molar-refractivity contribution < 1.29 is 13.2 Å². The zero-order valence-corrected chi connectivity index (χ0v) is 16.9. The summed E-state index contributed by atoms with van der Waals surface area (Å²) < 4.78 is 30.9. The van der Waals surface area contributed by atoms with Crippen LogP contribution < -0.4 is 15.4 Å². The van der Waals surface area contributed by atoms with E-state index in [4.69, 9.17) is 22.1 Å². The third-order valence-corrected chi connectivity index (χ3v) is 6.16. The van der Waals surface area contributed by atoms with Gasteiger partial charge in [0.2, 0.25) is 15.8 Å². The van der Waals surface area contributed by atoms with Crippen LogP contribution in [0.5, 0.6) is 5.75 Å². The van der Waals surface area contributed by atoms with Gasteiger partial charge in [0.1, 0.15) is 16.5 Å². The molecule has 2 aromatic carbocycles. The minimum atomic E-state index is -3.93. The Balaban J connectivity index is 1.90. The molecule has 0 atom stereocenters. The van der Waals surface area contributed by atoms with E-state index in [-0.39, 0.29) is 20.6 Å². The Bertz CT molecular complexity index is 1090. The number of nitrogens with zero attached hydrogens (tertiary/aromatic N) is 3. The fourth-order valence-corrected chi connectivity index (χ4v) is 4.24. The van der Waals surface area contributed by atoms with Crippen LogP contribution in [0.1, 0.15) is 5.56 Å². The monoisotopic (exact) mass is 418 g/mol. The Morgan fingerprint density at radius 2 is 1.89 bits per heavy atom. The Morgan fingerprint density at radius 1 is 1.18 bits per heavy atom. The summed E-state index contributed by atoms with van der Waals surface area (Å²) in [5.41, 5.74) is 7.02. The number of nitrogen functional groups attached to an aromatic ring is 1. The normalized spacial score (nSPS) is 11.2. The number of nitrogens with two attached hydrogens (primary N) is 1. The first-order valence-electron chi connectivity index (χ1n) is 8.29. The Kier molecular flexibility index (Phi) is 5.71. The minimum absolute atomic E-state index is 0.0148. The van der Waals surface area contributed by atoms with E-state index in [1.165, 1.54) is 31.5 Å². The number of aromatic nitrogens is 2. The lowest BCUT2D eigenvalue weighted by atomic mass is 10.2. The summed E-state index contributed by atoms with van der Waals surface area (Å²) >= 11 is 6.05. The number of hydrogen-bond acceptors (Lipinski definition) is 7. The van der Waals surface area contributed by atoms with Crippen LogP contribution in [0.15, 0.2) is 64.5 Å². The van der Waals surface area contributed by atoms with Crippen molar-refractivity contribution in [3.63, 3.8) is 0 Å². The van der Waals surface area contributed by atoms with E-state index in [9.17, 15) is 8.42 Å². The van der Waals surface area contributed by atoms with Gasteiger partial charge >= 0.3 is 0 Å². The predicted octanol–water partition coefficient (Wildman–Crippen LogP) is 3.19. The molecular formula is C19H19ClN4O3S. The van der Waals surface area contributed by atoms with E-state index in [0.29, 0.717) is 18.2 Å². The molecule has 28 heavy (non-hydrogen) atoms. The molecule has 2 N–H and O–H groups in total. The molecule has 0 saturated heterocycles. The van der Waals surface area contributed by atoms with E-state index in [0.717, 1.165) is 5.56 Å². The van der Waals surface area contributed by atoms with Crippen molar-refractivity contribution in [1.29, 1.82) is 0 Å². The van der Waals surface area contributed by atoms with E-state index in [2.05, 4.69) is 9.97 Å². The van der Waals surface area contributed by atoms with E-state index in [1.807, 2.05) is 30.3 Å². The maximum absolute atomic E-state index is 12.9. The second kappa shape index (κ2) is 8.04. The van der Waals surface area contributed by atoms with Crippen LogP contribution in [-0.4, -0.2) is 32.5 Å². The Hall–Kier alpha value is -2.84. The summed E-state index contributed by atoms with van der Waals surface area (Å²) in [4.78, 5) is 9.95. The molecule has 3 rings (SSSR count). The van der Waals surface area contributed by atoms with Crippen LogP contribution in [0.2, 0.25) is 5.02 Å². The van der Waals surface area contributed by atoms with Crippen molar-refractivity contribution in [3.8, 4) is 5.75 Å². The second-order valence-corrected chi connectivity index (χ2v) is 8.39. The van der Waals surface area contributed by atoms with Crippen LogP contribution in [-0.2, 0) is 16.4 Å². The molecule has 9 heteroatoms. The average Bonchev–Trinajstić information content (AvgIpc) is 2.68. The highest BCUT2D eigenvalue weighted by molar-refractivity contribution is 7.91. The van der Waals surface area contributed by atoms with E-state index >= 15 is 0 Å². The van der Waals surface area contributed by atoms with E-state index < -0.39 is 9.84 Å². The molecule has 0 spiro atoms. The maximum atomic E-state index is 12.9. The summed E-state index contributed by atoms with van der Waals surface area (Å²) in [5.74, 6) is 0.577. The summed E-state index contributed by atoms with van der Waals surface area (Å²) in [5, 5.41) is 0.183. The molecule has 3 aromatic rings. The number of benzene rings is 2. The van der Waals surface area contributed by atoms with Gasteiger partial charge in [-0.1, -0.05) is 41.9 Å². The molecule has 0 amide bonds. The Morgan fingerprint density at radius 3 is 2.50 bits per heavy atom. The van der Waals surface area contributed by atoms with Crippen LogP contribution in [0.4, 0.5) is 11.8 Å². The molecule has 0 saturated carbocycles. The molecule has 1 aromatic heterocycles. The second-order valence-electron chi connectivity index (χ2n) is 6.06. The molecule has 0 aliphatic carbocycles. The van der Waals surface area contributed by atoms with Gasteiger partial charge in [0, 0.05) is 13.6 Å². The quantitative estimate of drug-likeness (QED) is 0.656. The number of rotatable bonds is 6. The zero-order valence-electron chi connectivity index (χ0n) is 15.3. The fraction of sp³-hybridized carbons (Fsp3) is 0.158. The van der Waals surface area contributed by atoms with Gasteiger partial charge in [-0.2, -0.15) is 4.98 Å². The maximum Gasteiger partial charge on any atom is 0.227 e. The lowest BCUT2D eigenvalue weighted by molar-refractivity contribution is 0.414. The number of halogens is 1. The number of ether oxygens (including phenoxy) is 1. The van der Waals surface area contributed by atoms with Crippen LogP contribution in [0.25, 0.3) is 0 Å². The highest BCUT2D eigenvalue weighted by atomic mass is 35.5. The standard InChI is InChI=1S/C19H19ClN4O3S/c1-24(12-13-6-4-3-5-7-13)19-22-11-17(18(21)23-19)28(25,26)14-8-9-16(27-2)15(20)10-14/h3-11H,12H2,1-2H3,(H2,21,22,23). The fourth-order valence-electron chi connectivity index (χ4n) is 2.63. The van der Waals surface area contributed by atoms with Crippen molar-refractivity contribution in [1.82, 2.24) is 9.97 Å². The van der Waals surface area contributed by atoms with Crippen molar-refractivity contribution >= 4 is 33.2 Å². The number of anilines is 2. The first-order valence-corrected chi connectivity index (χ1v) is 10.1. The largest absolute Gasteiger partial charge is 0.495 e. The first kappa shape index (κ1) is 19.9. The van der Waals surface area contributed by atoms with Crippen LogP contribution >= 0.6 is 11.6 Å². The van der Waals surface area contributed by atoms with Crippen LogP contribution in [0.3, 0.4) is 0 Å². The third kappa shape index (κ3) is 4.02. The molecule has 0 unspecified atom stereocenters. The minimum Gasteiger partial charge on any atom is -0.495 e. The summed E-state index contributed by atoms with van der Waals surface area (Å²) in [7, 11) is -0.672. The molecule has 0 aliphatic heterocycles. The molecule has 0 bridgehead atoms. The van der Waals surface area contributed by atoms with Gasteiger partial charge in [0.25, 0.3) is 0 Å². The van der Waals surface area contributed by atoms with Gasteiger partial charge in [0.15, 0.2) is 0 Å². The molecular weight excluding hydrogens is 400 g/mol. The lowest BCUT2D eigenvalue weighted by Gasteiger charge is -2.18. The molecule has 146 valence electrons. The highest BCUT2D eigenvalue weighted by Crippen LogP contribution is 2.31. The molecule has 0 radical (unpaired) electrons. The summed E-state index contributed by atoms with van der Waals surface area (Å²) in [6.07, 6.45) is 1.21. The van der Waals surface area contributed by atoms with Gasteiger partial charge in [0.05, 0.1) is 23.2 Å². The molecule has 1 heterocycles. The topological polar surface area (TPSA) is 98.4 Å². The smallest absolute Gasteiger partial charge is 0.227 e. The van der Waals surface area contributed by atoms with Gasteiger partial charge in [-0.25, -0.2) is 13.4 Å². The van der Waals surface area contributed by atoms with Crippen molar-refractivity contribution in [3.05, 3.63) is 65.3 Å². The van der Waals surface area contributed by atoms with Gasteiger partial charge in [-0.3, -0.25) is 0 Å². The van der Waals surface area contributed by atoms with Crippen LogP contribution in [0, 0.1) is 0 Å². The molecule has 7 nitrogen and oxygen atoms in total. The third-order valence-electron chi connectivity index (χ3n) is 4.10. The zero-order chi connectivity index (χ0) is 20.3. The Labute approximate surface area is 168 Å². The SMILES string of the molecule is COc1ccc(S(=O)(=O)c2cnc(N(C)Cc3ccccc3)nc2N)cc1Cl. The van der Waals surface area contributed by atoms with Crippen molar-refractivity contribution in [2.45, 2.75) is 16.3 Å². The van der Waals surface area contributed by atoms with E-state index in [1.54, 1.807) is 11.9 Å². The van der Waals surface area contributed by atoms with Crippen molar-refractivity contribution in [2.24, 2.45) is 0 Å². The number of methoxy groups -OCH3 is 1. The highest BCUT2D eigenvalue weighted by Gasteiger charge is 2.24. The lowest BCUT2D eigenvalue weighted by Crippen LogP contribution is -2.20. The van der Waals surface area contributed by atoms with Gasteiger partial charge < -0.3 is 15.4 Å². The number of hydrogen-bond donors (Lipinski definition) is 1. The summed E-state index contributed by atoms with van der Waals surface area (Å²) in [6, 6.07) is 14.0. The molecule has 0 fully saturated rings.